The SMILES string of the molecule is CCCNCc1cnc(C)cc1N1CCSC(C)(C)C1. The number of hydrogen-bond donors (Lipinski definition) is 1. The molecule has 0 radical (unpaired) electrons. The van der Waals surface area contributed by atoms with Crippen LogP contribution in [0.3, 0.4) is 0 Å². The van der Waals surface area contributed by atoms with Gasteiger partial charge in [0.05, 0.1) is 0 Å². The summed E-state index contributed by atoms with van der Waals surface area (Å²) < 4.78 is 0.337. The molecule has 1 aliphatic heterocycles. The maximum atomic E-state index is 4.48. The molecule has 0 unspecified atom stereocenters. The van der Waals surface area contributed by atoms with Crippen molar-refractivity contribution >= 4 is 17.4 Å². The normalized spacial score (nSPS) is 18.3. The molecule has 1 saturated heterocycles. The summed E-state index contributed by atoms with van der Waals surface area (Å²) in [4.78, 5) is 7.01. The van der Waals surface area contributed by atoms with Crippen molar-refractivity contribution in [3.05, 3.63) is 23.5 Å². The van der Waals surface area contributed by atoms with E-state index in [2.05, 4.69) is 60.7 Å². The van der Waals surface area contributed by atoms with Crippen LogP contribution < -0.4 is 10.2 Å². The van der Waals surface area contributed by atoms with Crippen molar-refractivity contribution in [3.63, 3.8) is 0 Å². The first-order chi connectivity index (χ1) is 9.52. The Balaban J connectivity index is 2.17. The molecule has 2 rings (SSSR count). The second-order valence-electron chi connectivity index (χ2n) is 6.16. The summed E-state index contributed by atoms with van der Waals surface area (Å²) >= 11 is 2.08. The van der Waals surface area contributed by atoms with Crippen molar-refractivity contribution in [1.29, 1.82) is 0 Å². The zero-order chi connectivity index (χ0) is 14.6. The third-order valence-electron chi connectivity index (χ3n) is 3.61. The van der Waals surface area contributed by atoms with Gasteiger partial charge in [0.25, 0.3) is 0 Å². The number of hydrogen-bond acceptors (Lipinski definition) is 4. The lowest BCUT2D eigenvalue weighted by molar-refractivity contribution is 0.636. The van der Waals surface area contributed by atoms with E-state index < -0.39 is 0 Å². The largest absolute Gasteiger partial charge is 0.369 e. The average molecular weight is 293 g/mol. The first-order valence-electron chi connectivity index (χ1n) is 7.57. The molecule has 1 aromatic rings. The fraction of sp³-hybridized carbons (Fsp3) is 0.688. The fourth-order valence-corrected chi connectivity index (χ4v) is 3.74. The molecule has 4 heteroatoms. The van der Waals surface area contributed by atoms with Gasteiger partial charge < -0.3 is 10.2 Å². The lowest BCUT2D eigenvalue weighted by Gasteiger charge is -2.39. The summed E-state index contributed by atoms with van der Waals surface area (Å²) in [6.45, 7) is 13.2. The molecule has 1 N–H and O–H groups in total. The van der Waals surface area contributed by atoms with E-state index in [1.165, 1.54) is 23.4 Å². The van der Waals surface area contributed by atoms with Crippen molar-refractivity contribution < 1.29 is 0 Å². The second-order valence-corrected chi connectivity index (χ2v) is 7.96. The van der Waals surface area contributed by atoms with Gasteiger partial charge in [-0.2, -0.15) is 11.8 Å². The van der Waals surface area contributed by atoms with Crippen LogP contribution in [0.1, 0.15) is 38.4 Å². The predicted octanol–water partition coefficient (Wildman–Crippen LogP) is 3.22. The van der Waals surface area contributed by atoms with E-state index in [-0.39, 0.29) is 0 Å². The van der Waals surface area contributed by atoms with Crippen LogP contribution in [-0.2, 0) is 6.54 Å². The molecule has 112 valence electrons. The number of anilines is 1. The van der Waals surface area contributed by atoms with Gasteiger partial charge in [0.15, 0.2) is 0 Å². The minimum atomic E-state index is 0.337. The van der Waals surface area contributed by atoms with E-state index in [4.69, 9.17) is 0 Å². The minimum absolute atomic E-state index is 0.337. The van der Waals surface area contributed by atoms with Crippen LogP contribution in [0.2, 0.25) is 0 Å². The van der Waals surface area contributed by atoms with E-state index in [0.717, 1.165) is 31.9 Å². The Kier molecular flexibility index (Phi) is 5.33. The highest BCUT2D eigenvalue weighted by Gasteiger charge is 2.28. The summed E-state index contributed by atoms with van der Waals surface area (Å²) in [7, 11) is 0. The van der Waals surface area contributed by atoms with E-state index in [0.29, 0.717) is 4.75 Å². The number of nitrogens with one attached hydrogen (secondary N) is 1. The topological polar surface area (TPSA) is 28.2 Å². The maximum absolute atomic E-state index is 4.48. The molecule has 20 heavy (non-hydrogen) atoms. The van der Waals surface area contributed by atoms with Crippen LogP contribution in [0.15, 0.2) is 12.3 Å². The van der Waals surface area contributed by atoms with Crippen molar-refractivity contribution in [1.82, 2.24) is 10.3 Å². The van der Waals surface area contributed by atoms with Crippen molar-refractivity contribution in [2.45, 2.75) is 45.4 Å². The van der Waals surface area contributed by atoms with Gasteiger partial charge in [-0.05, 0) is 39.8 Å². The highest BCUT2D eigenvalue weighted by Crippen LogP contribution is 2.33. The third kappa shape index (κ3) is 4.13. The highest BCUT2D eigenvalue weighted by molar-refractivity contribution is 8.00. The number of rotatable bonds is 5. The Morgan fingerprint density at radius 2 is 2.25 bits per heavy atom. The van der Waals surface area contributed by atoms with E-state index in [1.54, 1.807) is 0 Å². The molecule has 1 aromatic heterocycles. The third-order valence-corrected chi connectivity index (χ3v) is 4.90. The number of nitrogens with zero attached hydrogens (tertiary/aromatic N) is 2. The van der Waals surface area contributed by atoms with Gasteiger partial charge in [0.2, 0.25) is 0 Å². The average Bonchev–Trinajstić information content (AvgIpc) is 2.39. The Morgan fingerprint density at radius 3 is 2.95 bits per heavy atom. The van der Waals surface area contributed by atoms with E-state index in [1.807, 2.05) is 6.20 Å². The van der Waals surface area contributed by atoms with Crippen LogP contribution >= 0.6 is 11.8 Å². The summed E-state index contributed by atoms with van der Waals surface area (Å²) in [5.41, 5.74) is 3.80. The Bertz CT molecular complexity index is 445. The molecule has 0 bridgehead atoms. The highest BCUT2D eigenvalue weighted by atomic mass is 32.2. The molecule has 2 heterocycles. The zero-order valence-electron chi connectivity index (χ0n) is 13.2. The monoisotopic (exact) mass is 293 g/mol. The van der Waals surface area contributed by atoms with Crippen LogP contribution in [0.4, 0.5) is 5.69 Å². The Labute approximate surface area is 127 Å². The summed E-state index contributed by atoms with van der Waals surface area (Å²) in [5, 5.41) is 3.50. The van der Waals surface area contributed by atoms with Gasteiger partial charge in [-0.15, -0.1) is 0 Å². The molecule has 0 amide bonds. The molecule has 0 saturated carbocycles. The van der Waals surface area contributed by atoms with Crippen molar-refractivity contribution in [3.8, 4) is 0 Å². The van der Waals surface area contributed by atoms with Crippen LogP contribution in [0.5, 0.6) is 0 Å². The maximum Gasteiger partial charge on any atom is 0.0446 e. The molecule has 0 aliphatic carbocycles. The molecule has 1 aliphatic rings. The van der Waals surface area contributed by atoms with E-state index >= 15 is 0 Å². The number of pyridine rings is 1. The zero-order valence-corrected chi connectivity index (χ0v) is 14.0. The number of aryl methyl sites for hydroxylation is 1. The summed E-state index contributed by atoms with van der Waals surface area (Å²) in [5.74, 6) is 1.20. The molecular formula is C16H27N3S. The van der Waals surface area contributed by atoms with Crippen LogP contribution in [-0.4, -0.2) is 35.1 Å². The van der Waals surface area contributed by atoms with Gasteiger partial charge in [-0.3, -0.25) is 4.98 Å². The van der Waals surface area contributed by atoms with Crippen molar-refractivity contribution in [2.75, 3.05) is 30.3 Å². The molecule has 1 fully saturated rings. The number of thioether (sulfide) groups is 1. The quantitative estimate of drug-likeness (QED) is 0.844. The fourth-order valence-electron chi connectivity index (χ4n) is 2.63. The first kappa shape index (κ1) is 15.6. The minimum Gasteiger partial charge on any atom is -0.369 e. The van der Waals surface area contributed by atoms with Crippen LogP contribution in [0.25, 0.3) is 0 Å². The van der Waals surface area contributed by atoms with Gasteiger partial charge in [0, 0.05) is 53.3 Å². The Hall–Kier alpha value is -0.740. The van der Waals surface area contributed by atoms with E-state index in [9.17, 15) is 0 Å². The lowest BCUT2D eigenvalue weighted by atomic mass is 10.1. The lowest BCUT2D eigenvalue weighted by Crippen LogP contribution is -2.43. The Morgan fingerprint density at radius 1 is 1.45 bits per heavy atom. The van der Waals surface area contributed by atoms with Gasteiger partial charge in [-0.25, -0.2) is 0 Å². The van der Waals surface area contributed by atoms with Gasteiger partial charge in [-0.1, -0.05) is 6.92 Å². The molecule has 3 nitrogen and oxygen atoms in total. The first-order valence-corrected chi connectivity index (χ1v) is 8.55. The standard InChI is InChI=1S/C16H27N3S/c1-5-6-17-10-14-11-18-13(2)9-15(14)19-7-8-20-16(3,4)12-19/h9,11,17H,5-8,10,12H2,1-4H3. The van der Waals surface area contributed by atoms with Gasteiger partial charge in [0.1, 0.15) is 0 Å². The molecular weight excluding hydrogens is 266 g/mol. The smallest absolute Gasteiger partial charge is 0.0446 e. The van der Waals surface area contributed by atoms with Crippen LogP contribution in [0, 0.1) is 6.92 Å². The number of aromatic nitrogens is 1. The second kappa shape index (κ2) is 6.81. The molecule has 0 spiro atoms. The molecule has 0 atom stereocenters. The molecule has 0 aromatic carbocycles. The van der Waals surface area contributed by atoms with Gasteiger partial charge >= 0.3 is 0 Å². The summed E-state index contributed by atoms with van der Waals surface area (Å²) in [6.07, 6.45) is 3.21. The predicted molar refractivity (Wildman–Crippen MR) is 89.7 cm³/mol. The summed E-state index contributed by atoms with van der Waals surface area (Å²) in [6, 6.07) is 2.25. The van der Waals surface area contributed by atoms with Crippen molar-refractivity contribution in [2.24, 2.45) is 0 Å².